The van der Waals surface area contributed by atoms with Crippen LogP contribution in [-0.4, -0.2) is 79.7 Å². The number of halogens is 3. The maximum Gasteiger partial charge on any atom is 0.416 e. The highest BCUT2D eigenvalue weighted by Crippen LogP contribution is 2.39. The van der Waals surface area contributed by atoms with Crippen molar-refractivity contribution in [3.63, 3.8) is 0 Å². The van der Waals surface area contributed by atoms with Crippen molar-refractivity contribution in [2.24, 2.45) is 0 Å². The number of sulfonamides is 1. The quantitative estimate of drug-likeness (QED) is 0.469. The average Bonchev–Trinajstić information content (AvgIpc) is 2.92. The van der Waals surface area contributed by atoms with Crippen molar-refractivity contribution in [3.05, 3.63) is 59.9 Å². The topological polar surface area (TPSA) is 73.8 Å². The highest BCUT2D eigenvalue weighted by atomic mass is 32.2. The van der Waals surface area contributed by atoms with E-state index in [1.54, 1.807) is 6.20 Å². The molecule has 0 bridgehead atoms. The molecule has 1 amide bonds. The van der Waals surface area contributed by atoms with Gasteiger partial charge in [0.15, 0.2) is 0 Å². The number of benzene rings is 1. The van der Waals surface area contributed by atoms with E-state index in [1.165, 1.54) is 15.9 Å². The van der Waals surface area contributed by atoms with Crippen molar-refractivity contribution in [2.75, 3.05) is 40.3 Å². The zero-order chi connectivity index (χ0) is 28.3. The number of likely N-dealkylation sites (tertiary alicyclic amines) is 1. The number of carbonyl (C=O) groups is 1. The van der Waals surface area contributed by atoms with E-state index in [0.717, 1.165) is 44.4 Å². The summed E-state index contributed by atoms with van der Waals surface area (Å²) >= 11 is 0. The predicted octanol–water partition coefficient (Wildman–Crippen LogP) is 4.55. The van der Waals surface area contributed by atoms with E-state index in [9.17, 15) is 26.4 Å². The monoisotopic (exact) mass is 566 g/mol. The SMILES string of the molecule is CN(C)CCC1(c2cccnc2)CCN(C(=O)CC2CCCCN2S(=O)(=O)c2cccc(C(F)(F)F)c2)CC1. The number of pyridine rings is 1. The van der Waals surface area contributed by atoms with Gasteiger partial charge in [-0.25, -0.2) is 8.42 Å². The molecule has 0 N–H and O–H groups in total. The van der Waals surface area contributed by atoms with Gasteiger partial charge in [0.1, 0.15) is 0 Å². The normalized spacial score (nSPS) is 20.8. The van der Waals surface area contributed by atoms with Gasteiger partial charge in [-0.3, -0.25) is 9.78 Å². The van der Waals surface area contributed by atoms with E-state index < -0.39 is 32.7 Å². The number of amides is 1. The van der Waals surface area contributed by atoms with E-state index >= 15 is 0 Å². The lowest BCUT2D eigenvalue weighted by atomic mass is 9.71. The van der Waals surface area contributed by atoms with E-state index in [-0.39, 0.29) is 24.3 Å². The van der Waals surface area contributed by atoms with Crippen LogP contribution in [0.1, 0.15) is 56.1 Å². The average molecular weight is 567 g/mol. The van der Waals surface area contributed by atoms with Crippen LogP contribution in [-0.2, 0) is 26.4 Å². The zero-order valence-corrected chi connectivity index (χ0v) is 23.3. The molecule has 1 aromatic heterocycles. The van der Waals surface area contributed by atoms with Gasteiger partial charge < -0.3 is 9.80 Å². The highest BCUT2D eigenvalue weighted by molar-refractivity contribution is 7.89. The van der Waals surface area contributed by atoms with Crippen molar-refractivity contribution in [3.8, 4) is 0 Å². The standard InChI is InChI=1S/C28H37F3N4O3S/c1-33(2)16-11-27(23-8-6-14-32-21-23)12-17-34(18-13-27)26(36)20-24-9-3-4-15-35(24)39(37,38)25-10-5-7-22(19-25)28(29,30)31/h5-8,10,14,19,21,24H,3-4,9,11-13,15-18,20H2,1-2H3. The molecule has 0 spiro atoms. The molecule has 2 aromatic rings. The molecule has 214 valence electrons. The van der Waals surface area contributed by atoms with Crippen molar-refractivity contribution in [1.82, 2.24) is 19.1 Å². The summed E-state index contributed by atoms with van der Waals surface area (Å²) in [5.41, 5.74) is 0.0800. The van der Waals surface area contributed by atoms with Crippen LogP contribution in [0.5, 0.6) is 0 Å². The molecule has 0 radical (unpaired) electrons. The van der Waals surface area contributed by atoms with Gasteiger partial charge in [-0.15, -0.1) is 0 Å². The number of carbonyl (C=O) groups excluding carboxylic acids is 1. The fraction of sp³-hybridized carbons (Fsp3) is 0.571. The molecular weight excluding hydrogens is 529 g/mol. The summed E-state index contributed by atoms with van der Waals surface area (Å²) in [5, 5.41) is 0. The smallest absolute Gasteiger partial charge is 0.343 e. The molecular formula is C28H37F3N4O3S. The van der Waals surface area contributed by atoms with Gasteiger partial charge in [0.25, 0.3) is 0 Å². The molecule has 2 saturated heterocycles. The first kappa shape index (κ1) is 29.5. The molecule has 1 unspecified atom stereocenters. The number of alkyl halides is 3. The van der Waals surface area contributed by atoms with Gasteiger partial charge in [0.2, 0.25) is 15.9 Å². The van der Waals surface area contributed by atoms with Crippen LogP contribution in [0.2, 0.25) is 0 Å². The number of hydrogen-bond acceptors (Lipinski definition) is 5. The van der Waals surface area contributed by atoms with Gasteiger partial charge in [-0.1, -0.05) is 18.6 Å². The van der Waals surface area contributed by atoms with E-state index in [0.29, 0.717) is 32.0 Å². The van der Waals surface area contributed by atoms with Crippen molar-refractivity contribution in [2.45, 2.75) is 67.5 Å². The molecule has 7 nitrogen and oxygen atoms in total. The summed E-state index contributed by atoms with van der Waals surface area (Å²) in [6.45, 7) is 2.22. The molecule has 0 saturated carbocycles. The third-order valence-electron chi connectivity index (χ3n) is 8.14. The summed E-state index contributed by atoms with van der Waals surface area (Å²) in [6.07, 6.45) is 3.43. The Morgan fingerprint density at radius 2 is 1.85 bits per heavy atom. The minimum atomic E-state index is -4.64. The van der Waals surface area contributed by atoms with Crippen LogP contribution in [0.3, 0.4) is 0 Å². The maximum atomic E-state index is 13.4. The maximum absolute atomic E-state index is 13.4. The van der Waals surface area contributed by atoms with Gasteiger partial charge >= 0.3 is 6.18 Å². The van der Waals surface area contributed by atoms with Crippen LogP contribution in [0.4, 0.5) is 13.2 Å². The highest BCUT2D eigenvalue weighted by Gasteiger charge is 2.40. The molecule has 39 heavy (non-hydrogen) atoms. The molecule has 3 heterocycles. The Balaban J connectivity index is 1.46. The summed E-state index contributed by atoms with van der Waals surface area (Å²) in [7, 11) is -0.108. The minimum absolute atomic E-state index is 0.0236. The Hall–Kier alpha value is -2.50. The molecule has 11 heteroatoms. The second-order valence-corrected chi connectivity index (χ2v) is 12.8. The van der Waals surface area contributed by atoms with E-state index in [4.69, 9.17) is 0 Å². The molecule has 2 aliphatic rings. The fourth-order valence-corrected chi connectivity index (χ4v) is 7.51. The van der Waals surface area contributed by atoms with Gasteiger partial charge in [-0.2, -0.15) is 17.5 Å². The van der Waals surface area contributed by atoms with Gasteiger partial charge in [0, 0.05) is 49.9 Å². The second kappa shape index (κ2) is 11.9. The summed E-state index contributed by atoms with van der Waals surface area (Å²) < 4.78 is 67.8. The zero-order valence-electron chi connectivity index (χ0n) is 22.5. The second-order valence-electron chi connectivity index (χ2n) is 11.0. The van der Waals surface area contributed by atoms with Crippen LogP contribution < -0.4 is 0 Å². The number of rotatable bonds is 8. The Morgan fingerprint density at radius 1 is 1.10 bits per heavy atom. The lowest BCUT2D eigenvalue weighted by molar-refractivity contribution is -0.137. The van der Waals surface area contributed by atoms with Crippen LogP contribution in [0.25, 0.3) is 0 Å². The Bertz CT molecular complexity index is 1230. The Labute approximate surface area is 229 Å². The molecule has 1 atom stereocenters. The van der Waals surface area contributed by atoms with Crippen molar-refractivity contribution < 1.29 is 26.4 Å². The third-order valence-corrected chi connectivity index (χ3v) is 10.1. The number of hydrogen-bond donors (Lipinski definition) is 0. The van der Waals surface area contributed by atoms with Crippen LogP contribution in [0, 0.1) is 0 Å². The van der Waals surface area contributed by atoms with Gasteiger partial charge in [-0.05, 0) is 82.6 Å². The first-order valence-corrected chi connectivity index (χ1v) is 14.9. The van der Waals surface area contributed by atoms with E-state index in [1.807, 2.05) is 31.3 Å². The first-order chi connectivity index (χ1) is 18.4. The van der Waals surface area contributed by atoms with Crippen LogP contribution in [0.15, 0.2) is 53.7 Å². The number of aromatic nitrogens is 1. The molecule has 4 rings (SSSR count). The van der Waals surface area contributed by atoms with Crippen molar-refractivity contribution >= 4 is 15.9 Å². The molecule has 1 aromatic carbocycles. The third kappa shape index (κ3) is 6.81. The van der Waals surface area contributed by atoms with E-state index in [2.05, 4.69) is 16.0 Å². The minimum Gasteiger partial charge on any atom is -0.343 e. The van der Waals surface area contributed by atoms with Gasteiger partial charge in [0.05, 0.1) is 10.5 Å². The lowest BCUT2D eigenvalue weighted by Gasteiger charge is -2.43. The molecule has 2 aliphatic heterocycles. The number of piperidine rings is 2. The molecule has 0 aliphatic carbocycles. The lowest BCUT2D eigenvalue weighted by Crippen LogP contribution is -2.49. The fourth-order valence-electron chi connectivity index (χ4n) is 5.77. The summed E-state index contributed by atoms with van der Waals surface area (Å²) in [6, 6.07) is 7.29. The van der Waals surface area contributed by atoms with Crippen molar-refractivity contribution in [1.29, 1.82) is 0 Å². The predicted molar refractivity (Wildman–Crippen MR) is 142 cm³/mol. The number of nitrogens with zero attached hydrogens (tertiary/aromatic N) is 4. The Morgan fingerprint density at radius 3 is 2.49 bits per heavy atom. The Kier molecular flexibility index (Phi) is 9.02. The molecule has 2 fully saturated rings. The summed E-state index contributed by atoms with van der Waals surface area (Å²) in [5.74, 6) is -0.112. The largest absolute Gasteiger partial charge is 0.416 e. The first-order valence-electron chi connectivity index (χ1n) is 13.4. The summed E-state index contributed by atoms with van der Waals surface area (Å²) in [4.78, 5) is 21.3. The van der Waals surface area contributed by atoms with Crippen LogP contribution >= 0.6 is 0 Å².